The number of amides is 1. The van der Waals surface area contributed by atoms with E-state index in [1.165, 1.54) is 6.07 Å². The van der Waals surface area contributed by atoms with E-state index in [0.29, 0.717) is 30.6 Å². The Morgan fingerprint density at radius 2 is 2.04 bits per heavy atom. The highest BCUT2D eigenvalue weighted by molar-refractivity contribution is 6.01. The minimum absolute atomic E-state index is 0.0702. The SMILES string of the molecule is CCCNC(=O)Cc1c2c(n(Cc3ccccc3F)c1C)CCCC2=O. The van der Waals surface area contributed by atoms with E-state index in [-0.39, 0.29) is 23.9 Å². The van der Waals surface area contributed by atoms with E-state index in [2.05, 4.69) is 5.32 Å². The van der Waals surface area contributed by atoms with Crippen molar-refractivity contribution in [2.24, 2.45) is 0 Å². The minimum Gasteiger partial charge on any atom is -0.356 e. The molecule has 0 atom stereocenters. The summed E-state index contributed by atoms with van der Waals surface area (Å²) >= 11 is 0. The molecule has 1 amide bonds. The van der Waals surface area contributed by atoms with Crippen molar-refractivity contribution in [3.63, 3.8) is 0 Å². The van der Waals surface area contributed by atoms with Gasteiger partial charge in [-0.05, 0) is 37.8 Å². The largest absolute Gasteiger partial charge is 0.356 e. The number of carbonyl (C=O) groups excluding carboxylic acids is 2. The first-order valence-corrected chi connectivity index (χ1v) is 9.27. The number of halogens is 1. The fourth-order valence-corrected chi connectivity index (χ4v) is 3.70. The van der Waals surface area contributed by atoms with Crippen LogP contribution in [0.4, 0.5) is 4.39 Å². The molecule has 0 radical (unpaired) electrons. The molecular formula is C21H25FN2O2. The molecule has 0 bridgehead atoms. The minimum atomic E-state index is -0.251. The summed E-state index contributed by atoms with van der Waals surface area (Å²) < 4.78 is 16.1. The van der Waals surface area contributed by atoms with Crippen LogP contribution in [0.3, 0.4) is 0 Å². The maximum Gasteiger partial charge on any atom is 0.224 e. The van der Waals surface area contributed by atoms with Crippen molar-refractivity contribution < 1.29 is 14.0 Å². The van der Waals surface area contributed by atoms with Gasteiger partial charge in [-0.3, -0.25) is 9.59 Å². The fourth-order valence-electron chi connectivity index (χ4n) is 3.70. The number of aromatic nitrogens is 1. The summed E-state index contributed by atoms with van der Waals surface area (Å²) in [6.45, 7) is 4.94. The molecule has 2 aromatic rings. The molecule has 0 saturated heterocycles. The van der Waals surface area contributed by atoms with Crippen LogP contribution in [0.15, 0.2) is 24.3 Å². The lowest BCUT2D eigenvalue weighted by atomic mass is 9.92. The molecule has 1 aromatic carbocycles. The van der Waals surface area contributed by atoms with Crippen LogP contribution >= 0.6 is 0 Å². The highest BCUT2D eigenvalue weighted by atomic mass is 19.1. The van der Waals surface area contributed by atoms with Crippen molar-refractivity contribution >= 4 is 11.7 Å². The van der Waals surface area contributed by atoms with Crippen LogP contribution in [0, 0.1) is 12.7 Å². The lowest BCUT2D eigenvalue weighted by molar-refractivity contribution is -0.120. The monoisotopic (exact) mass is 356 g/mol. The zero-order chi connectivity index (χ0) is 18.7. The van der Waals surface area contributed by atoms with Gasteiger partial charge >= 0.3 is 0 Å². The second-order valence-corrected chi connectivity index (χ2v) is 6.87. The molecule has 138 valence electrons. The number of nitrogens with one attached hydrogen (secondary N) is 1. The summed E-state index contributed by atoms with van der Waals surface area (Å²) in [5.74, 6) is -0.224. The quantitative estimate of drug-likeness (QED) is 0.860. The van der Waals surface area contributed by atoms with Gasteiger partial charge in [-0.15, -0.1) is 0 Å². The summed E-state index contributed by atoms with van der Waals surface area (Å²) in [7, 11) is 0. The Morgan fingerprint density at radius 1 is 1.27 bits per heavy atom. The van der Waals surface area contributed by atoms with E-state index in [1.54, 1.807) is 12.1 Å². The van der Waals surface area contributed by atoms with Crippen molar-refractivity contribution in [3.8, 4) is 0 Å². The predicted molar refractivity (Wildman–Crippen MR) is 98.9 cm³/mol. The molecular weight excluding hydrogens is 331 g/mol. The van der Waals surface area contributed by atoms with E-state index in [0.717, 1.165) is 36.2 Å². The van der Waals surface area contributed by atoms with Crippen LogP contribution in [0.2, 0.25) is 0 Å². The molecule has 0 spiro atoms. The first-order valence-electron chi connectivity index (χ1n) is 9.27. The van der Waals surface area contributed by atoms with Gasteiger partial charge in [0, 0.05) is 35.5 Å². The third-order valence-corrected chi connectivity index (χ3v) is 5.05. The Hall–Kier alpha value is -2.43. The first-order chi connectivity index (χ1) is 12.5. The maximum absolute atomic E-state index is 14.1. The Labute approximate surface area is 153 Å². The zero-order valence-electron chi connectivity index (χ0n) is 15.4. The number of nitrogens with zero attached hydrogens (tertiary/aromatic N) is 1. The number of hydrogen-bond acceptors (Lipinski definition) is 2. The topological polar surface area (TPSA) is 51.1 Å². The van der Waals surface area contributed by atoms with Gasteiger partial charge < -0.3 is 9.88 Å². The summed E-state index contributed by atoms with van der Waals surface area (Å²) in [6, 6.07) is 6.70. The molecule has 0 unspecified atom stereocenters. The number of carbonyl (C=O) groups is 2. The molecule has 1 heterocycles. The first kappa shape index (κ1) is 18.4. The van der Waals surface area contributed by atoms with Crippen molar-refractivity contribution in [2.45, 2.75) is 52.5 Å². The van der Waals surface area contributed by atoms with Crippen LogP contribution in [0.1, 0.15) is 59.1 Å². The summed E-state index contributed by atoms with van der Waals surface area (Å²) in [5.41, 5.74) is 3.92. The highest BCUT2D eigenvalue weighted by Crippen LogP contribution is 2.31. The molecule has 26 heavy (non-hydrogen) atoms. The van der Waals surface area contributed by atoms with Crippen molar-refractivity contribution in [3.05, 3.63) is 58.2 Å². The number of Topliss-reactive ketones (excluding diaryl/α,β-unsaturated/α-hetero) is 1. The predicted octanol–water partition coefficient (Wildman–Crippen LogP) is 3.57. The van der Waals surface area contributed by atoms with E-state index < -0.39 is 0 Å². The van der Waals surface area contributed by atoms with Crippen LogP contribution < -0.4 is 5.32 Å². The van der Waals surface area contributed by atoms with E-state index in [9.17, 15) is 14.0 Å². The second kappa shape index (κ2) is 7.85. The maximum atomic E-state index is 14.1. The van der Waals surface area contributed by atoms with Gasteiger partial charge in [0.05, 0.1) is 13.0 Å². The van der Waals surface area contributed by atoms with Crippen molar-refractivity contribution in [1.82, 2.24) is 9.88 Å². The third kappa shape index (κ3) is 3.57. The van der Waals surface area contributed by atoms with Crippen LogP contribution in [0.5, 0.6) is 0 Å². The lowest BCUT2D eigenvalue weighted by Gasteiger charge is -2.16. The number of hydrogen-bond donors (Lipinski definition) is 1. The Bertz CT molecular complexity index is 839. The van der Waals surface area contributed by atoms with Gasteiger partial charge in [0.15, 0.2) is 5.78 Å². The molecule has 0 aliphatic heterocycles. The van der Waals surface area contributed by atoms with Gasteiger partial charge in [-0.2, -0.15) is 0 Å². The van der Waals surface area contributed by atoms with Crippen LogP contribution in [-0.4, -0.2) is 22.8 Å². The van der Waals surface area contributed by atoms with E-state index in [1.807, 2.05) is 24.5 Å². The standard InChI is InChI=1S/C21H25FN2O2/c1-3-11-23-20(26)12-16-14(2)24(13-15-7-4-5-8-17(15)22)18-9-6-10-19(25)21(16)18/h4-5,7-8H,3,6,9-13H2,1-2H3,(H,23,26). The highest BCUT2D eigenvalue weighted by Gasteiger charge is 2.29. The molecule has 1 aromatic heterocycles. The number of benzene rings is 1. The van der Waals surface area contributed by atoms with Crippen molar-refractivity contribution in [1.29, 1.82) is 0 Å². The Kier molecular flexibility index (Phi) is 5.55. The fraction of sp³-hybridized carbons (Fsp3) is 0.429. The van der Waals surface area contributed by atoms with E-state index in [4.69, 9.17) is 0 Å². The van der Waals surface area contributed by atoms with Crippen molar-refractivity contribution in [2.75, 3.05) is 6.54 Å². The molecule has 0 fully saturated rings. The number of ketones is 1. The Balaban J connectivity index is 2.00. The molecule has 0 saturated carbocycles. The molecule has 1 N–H and O–H groups in total. The molecule has 3 rings (SSSR count). The molecule has 1 aliphatic carbocycles. The Morgan fingerprint density at radius 3 is 2.77 bits per heavy atom. The molecule has 5 heteroatoms. The summed E-state index contributed by atoms with van der Waals surface area (Å²) in [5, 5.41) is 2.88. The van der Waals surface area contributed by atoms with Gasteiger partial charge in [-0.25, -0.2) is 4.39 Å². The van der Waals surface area contributed by atoms with Gasteiger partial charge in [0.1, 0.15) is 5.82 Å². The third-order valence-electron chi connectivity index (χ3n) is 5.05. The summed E-state index contributed by atoms with van der Waals surface area (Å²) in [4.78, 5) is 24.8. The van der Waals surface area contributed by atoms with Gasteiger partial charge in [-0.1, -0.05) is 25.1 Å². The average molecular weight is 356 g/mol. The van der Waals surface area contributed by atoms with Gasteiger partial charge in [0.2, 0.25) is 5.91 Å². The zero-order valence-corrected chi connectivity index (χ0v) is 15.4. The van der Waals surface area contributed by atoms with Crippen LogP contribution in [-0.2, 0) is 24.2 Å². The van der Waals surface area contributed by atoms with Crippen LogP contribution in [0.25, 0.3) is 0 Å². The average Bonchev–Trinajstić information content (AvgIpc) is 2.88. The number of fused-ring (bicyclic) bond motifs is 1. The normalized spacial score (nSPS) is 13.6. The molecule has 4 nitrogen and oxygen atoms in total. The second-order valence-electron chi connectivity index (χ2n) is 6.87. The lowest BCUT2D eigenvalue weighted by Crippen LogP contribution is -2.26. The van der Waals surface area contributed by atoms with Gasteiger partial charge in [0.25, 0.3) is 0 Å². The smallest absolute Gasteiger partial charge is 0.224 e. The van der Waals surface area contributed by atoms with E-state index >= 15 is 0 Å². The summed E-state index contributed by atoms with van der Waals surface area (Å²) in [6.07, 6.45) is 3.17. The molecule has 1 aliphatic rings. The number of rotatable bonds is 6.